The molecule has 0 radical (unpaired) electrons. The largest absolute Gasteiger partial charge is 0.481 e. The van der Waals surface area contributed by atoms with Crippen molar-refractivity contribution in [3.8, 4) is 11.1 Å². The standard InChI is InChI=1S/C18H17ClO3S/c1-12(20)23-15(11-18(21)22)9-13-7-8-16(17(19)10-13)14-5-3-2-4-6-14/h2-8,10,15H,9,11H2,1H3,(H,21,22). The Kier molecular flexibility index (Phi) is 6.25. The number of carboxylic acid groups (broad SMARTS) is 1. The first kappa shape index (κ1) is 17.6. The average Bonchev–Trinajstić information content (AvgIpc) is 2.47. The number of carbonyl (C=O) groups is 2. The predicted octanol–water partition coefficient (Wildman–Crippen LogP) is 4.67. The highest BCUT2D eigenvalue weighted by atomic mass is 35.5. The molecular weight excluding hydrogens is 332 g/mol. The van der Waals surface area contributed by atoms with Crippen molar-refractivity contribution in [1.82, 2.24) is 0 Å². The summed E-state index contributed by atoms with van der Waals surface area (Å²) in [5, 5.41) is 9.22. The van der Waals surface area contributed by atoms with Crippen molar-refractivity contribution in [2.75, 3.05) is 0 Å². The van der Waals surface area contributed by atoms with E-state index in [4.69, 9.17) is 16.7 Å². The molecule has 0 aliphatic heterocycles. The molecule has 5 heteroatoms. The number of hydrogen-bond acceptors (Lipinski definition) is 3. The van der Waals surface area contributed by atoms with Crippen LogP contribution in [0.3, 0.4) is 0 Å². The lowest BCUT2D eigenvalue weighted by Gasteiger charge is -2.14. The summed E-state index contributed by atoms with van der Waals surface area (Å²) in [6.07, 6.45) is 0.438. The highest BCUT2D eigenvalue weighted by Crippen LogP contribution is 2.30. The normalized spacial score (nSPS) is 11.9. The van der Waals surface area contributed by atoms with Crippen LogP contribution in [0.25, 0.3) is 11.1 Å². The summed E-state index contributed by atoms with van der Waals surface area (Å²) in [5.74, 6) is -0.907. The molecule has 0 fully saturated rings. The minimum Gasteiger partial charge on any atom is -0.481 e. The third-order valence-corrected chi connectivity index (χ3v) is 4.63. The fourth-order valence-electron chi connectivity index (χ4n) is 2.39. The van der Waals surface area contributed by atoms with Crippen molar-refractivity contribution in [1.29, 1.82) is 0 Å². The van der Waals surface area contributed by atoms with E-state index in [1.807, 2.05) is 48.5 Å². The van der Waals surface area contributed by atoms with Crippen LogP contribution in [0.2, 0.25) is 5.02 Å². The van der Waals surface area contributed by atoms with Crippen LogP contribution >= 0.6 is 23.4 Å². The van der Waals surface area contributed by atoms with Gasteiger partial charge >= 0.3 is 5.97 Å². The molecule has 0 saturated heterocycles. The lowest BCUT2D eigenvalue weighted by atomic mass is 10.0. The van der Waals surface area contributed by atoms with E-state index in [0.717, 1.165) is 28.5 Å². The van der Waals surface area contributed by atoms with Gasteiger partial charge in [-0.25, -0.2) is 0 Å². The van der Waals surface area contributed by atoms with E-state index in [2.05, 4.69) is 0 Å². The Morgan fingerprint density at radius 1 is 1.17 bits per heavy atom. The van der Waals surface area contributed by atoms with Gasteiger partial charge in [-0.05, 0) is 23.6 Å². The van der Waals surface area contributed by atoms with Crippen LogP contribution in [0.15, 0.2) is 48.5 Å². The zero-order valence-electron chi connectivity index (χ0n) is 12.7. The maximum absolute atomic E-state index is 11.3. The van der Waals surface area contributed by atoms with Gasteiger partial charge in [-0.3, -0.25) is 9.59 Å². The molecule has 0 aliphatic rings. The summed E-state index contributed by atoms with van der Waals surface area (Å²) >= 11 is 7.44. The van der Waals surface area contributed by atoms with Crippen molar-refractivity contribution in [3.63, 3.8) is 0 Å². The van der Waals surface area contributed by atoms with Gasteiger partial charge in [-0.2, -0.15) is 0 Å². The minimum atomic E-state index is -0.907. The van der Waals surface area contributed by atoms with E-state index >= 15 is 0 Å². The second-order valence-electron chi connectivity index (χ2n) is 5.21. The molecule has 23 heavy (non-hydrogen) atoms. The topological polar surface area (TPSA) is 54.4 Å². The van der Waals surface area contributed by atoms with Crippen LogP contribution in [0.4, 0.5) is 0 Å². The maximum Gasteiger partial charge on any atom is 0.304 e. The number of benzene rings is 2. The van der Waals surface area contributed by atoms with Crippen LogP contribution in [-0.2, 0) is 16.0 Å². The van der Waals surface area contributed by atoms with Crippen LogP contribution < -0.4 is 0 Å². The van der Waals surface area contributed by atoms with Gasteiger partial charge in [-0.1, -0.05) is 65.8 Å². The van der Waals surface area contributed by atoms with Crippen LogP contribution in [0, 0.1) is 0 Å². The molecule has 0 amide bonds. The summed E-state index contributed by atoms with van der Waals surface area (Å²) < 4.78 is 0. The van der Waals surface area contributed by atoms with E-state index in [1.54, 1.807) is 0 Å². The fraction of sp³-hybridized carbons (Fsp3) is 0.222. The summed E-state index contributed by atoms with van der Waals surface area (Å²) in [4.78, 5) is 22.2. The van der Waals surface area contributed by atoms with Gasteiger partial charge in [0.1, 0.15) is 0 Å². The molecule has 0 aliphatic carbocycles. The Morgan fingerprint density at radius 2 is 1.87 bits per heavy atom. The van der Waals surface area contributed by atoms with E-state index < -0.39 is 5.97 Å². The predicted molar refractivity (Wildman–Crippen MR) is 94.9 cm³/mol. The Balaban J connectivity index is 2.18. The number of halogens is 1. The molecule has 0 aromatic heterocycles. The monoisotopic (exact) mass is 348 g/mol. The summed E-state index contributed by atoms with van der Waals surface area (Å²) in [6.45, 7) is 1.45. The first-order valence-corrected chi connectivity index (χ1v) is 8.44. The minimum absolute atomic E-state index is 0.0533. The van der Waals surface area contributed by atoms with Gasteiger partial charge in [0.05, 0.1) is 6.42 Å². The van der Waals surface area contributed by atoms with Crippen molar-refractivity contribution in [2.45, 2.75) is 25.0 Å². The third kappa shape index (κ3) is 5.41. The molecule has 0 spiro atoms. The fourth-order valence-corrected chi connectivity index (χ4v) is 3.67. The summed E-state index contributed by atoms with van der Waals surface area (Å²) in [7, 11) is 0. The Labute approximate surface area is 144 Å². The molecular formula is C18H17ClO3S. The van der Waals surface area contributed by atoms with E-state index in [9.17, 15) is 9.59 Å². The molecule has 120 valence electrons. The van der Waals surface area contributed by atoms with Gasteiger partial charge in [0.15, 0.2) is 5.12 Å². The van der Waals surface area contributed by atoms with Crippen molar-refractivity contribution in [2.24, 2.45) is 0 Å². The second-order valence-corrected chi connectivity index (χ2v) is 7.10. The molecule has 1 unspecified atom stereocenters. The van der Waals surface area contributed by atoms with Gasteiger partial charge in [0, 0.05) is 22.8 Å². The molecule has 2 aromatic rings. The van der Waals surface area contributed by atoms with Crippen LogP contribution in [-0.4, -0.2) is 21.4 Å². The number of hydrogen-bond donors (Lipinski definition) is 1. The van der Waals surface area contributed by atoms with Gasteiger partial charge in [0.25, 0.3) is 0 Å². The molecule has 2 rings (SSSR count). The number of rotatable bonds is 6. The maximum atomic E-state index is 11.3. The molecule has 1 atom stereocenters. The van der Waals surface area contributed by atoms with Crippen molar-refractivity contribution < 1.29 is 14.7 Å². The average molecular weight is 349 g/mol. The van der Waals surface area contributed by atoms with Crippen molar-refractivity contribution in [3.05, 3.63) is 59.1 Å². The van der Waals surface area contributed by atoms with Crippen molar-refractivity contribution >= 4 is 34.4 Å². The smallest absolute Gasteiger partial charge is 0.304 e. The Morgan fingerprint density at radius 3 is 2.43 bits per heavy atom. The summed E-state index contributed by atoms with van der Waals surface area (Å²) in [5.41, 5.74) is 2.89. The first-order valence-electron chi connectivity index (χ1n) is 7.18. The van der Waals surface area contributed by atoms with Gasteiger partial charge in [0.2, 0.25) is 0 Å². The number of carbonyl (C=O) groups excluding carboxylic acids is 1. The van der Waals surface area contributed by atoms with Gasteiger partial charge < -0.3 is 5.11 Å². The van der Waals surface area contributed by atoms with E-state index in [-0.39, 0.29) is 16.8 Å². The van der Waals surface area contributed by atoms with Crippen LogP contribution in [0.5, 0.6) is 0 Å². The lowest BCUT2D eigenvalue weighted by Crippen LogP contribution is -2.14. The summed E-state index contributed by atoms with van der Waals surface area (Å²) in [6, 6.07) is 15.5. The Bertz CT molecular complexity index is 685. The lowest BCUT2D eigenvalue weighted by molar-refractivity contribution is -0.136. The zero-order valence-corrected chi connectivity index (χ0v) is 14.2. The number of carboxylic acids is 1. The third-order valence-electron chi connectivity index (χ3n) is 3.32. The molecule has 0 saturated carbocycles. The zero-order chi connectivity index (χ0) is 16.8. The SMILES string of the molecule is CC(=O)SC(CC(=O)O)Cc1ccc(-c2ccccc2)c(Cl)c1. The highest BCUT2D eigenvalue weighted by molar-refractivity contribution is 8.14. The quantitative estimate of drug-likeness (QED) is 0.824. The molecule has 0 heterocycles. The number of aliphatic carboxylic acids is 1. The second kappa shape index (κ2) is 8.18. The van der Waals surface area contributed by atoms with E-state index in [1.165, 1.54) is 6.92 Å². The Hall–Kier alpha value is -1.78. The molecule has 1 N–H and O–H groups in total. The number of thioether (sulfide) groups is 1. The van der Waals surface area contributed by atoms with Crippen LogP contribution in [0.1, 0.15) is 18.9 Å². The molecule has 2 aromatic carbocycles. The molecule has 0 bridgehead atoms. The van der Waals surface area contributed by atoms with E-state index in [0.29, 0.717) is 11.4 Å². The highest BCUT2D eigenvalue weighted by Gasteiger charge is 2.17. The molecule has 3 nitrogen and oxygen atoms in total. The van der Waals surface area contributed by atoms with Gasteiger partial charge in [-0.15, -0.1) is 0 Å². The first-order chi connectivity index (χ1) is 11.0.